The molecule has 12 heteroatoms. The molecule has 43 heavy (non-hydrogen) atoms. The number of aromatic nitrogens is 1. The lowest BCUT2D eigenvalue weighted by Crippen LogP contribution is -2.44. The molecule has 0 aliphatic rings. The van der Waals surface area contributed by atoms with Crippen molar-refractivity contribution in [3.8, 4) is 22.8 Å². The molecule has 2 aromatic carbocycles. The third-order valence-corrected chi connectivity index (χ3v) is 6.38. The Morgan fingerprint density at radius 1 is 1.00 bits per heavy atom. The smallest absolute Gasteiger partial charge is 0.408 e. The number of nitrogens with two attached hydrogens (primary N) is 1. The Balaban J connectivity index is 1.83. The highest BCUT2D eigenvalue weighted by atomic mass is 35.5. The molecule has 10 nitrogen and oxygen atoms in total. The largest absolute Gasteiger partial charge is 0.493 e. The van der Waals surface area contributed by atoms with E-state index in [-0.39, 0.29) is 35.6 Å². The van der Waals surface area contributed by atoms with Crippen LogP contribution in [0.3, 0.4) is 0 Å². The third-order valence-electron chi connectivity index (χ3n) is 6.09. The Kier molecular flexibility index (Phi) is 10.6. The normalized spacial score (nSPS) is 11.4. The van der Waals surface area contributed by atoms with E-state index in [1.165, 1.54) is 37.4 Å². The molecule has 0 bridgehead atoms. The van der Waals surface area contributed by atoms with Gasteiger partial charge in [0.15, 0.2) is 18.1 Å². The molecule has 0 fully saturated rings. The van der Waals surface area contributed by atoms with Crippen molar-refractivity contribution in [1.82, 2.24) is 15.6 Å². The Morgan fingerprint density at radius 3 is 2.35 bits per heavy atom. The molecule has 3 amide bonds. The fraction of sp³-hybridized carbons (Fsp3) is 0.355. The number of amides is 3. The fourth-order valence-corrected chi connectivity index (χ4v) is 4.17. The quantitative estimate of drug-likeness (QED) is 0.271. The maximum Gasteiger partial charge on any atom is 0.408 e. The number of carbonyl (C=O) groups excluding carboxylic acids is 3. The van der Waals surface area contributed by atoms with Crippen molar-refractivity contribution in [3.05, 3.63) is 76.2 Å². The number of benzene rings is 2. The van der Waals surface area contributed by atoms with Crippen molar-refractivity contribution in [2.75, 3.05) is 20.3 Å². The summed E-state index contributed by atoms with van der Waals surface area (Å²) in [6.07, 6.45) is -0.253. The van der Waals surface area contributed by atoms with Gasteiger partial charge in [0.1, 0.15) is 11.4 Å². The highest BCUT2D eigenvalue weighted by Gasteiger charge is 2.27. The van der Waals surface area contributed by atoms with Crippen LogP contribution in [0.4, 0.5) is 9.18 Å². The first-order chi connectivity index (χ1) is 20.1. The van der Waals surface area contributed by atoms with Gasteiger partial charge in [-0.15, -0.1) is 0 Å². The molecule has 1 heterocycles. The number of halogens is 2. The summed E-state index contributed by atoms with van der Waals surface area (Å²) in [7, 11) is 1.41. The molecule has 0 unspecified atom stereocenters. The zero-order valence-electron chi connectivity index (χ0n) is 25.0. The molecule has 1 aromatic heterocycles. The lowest BCUT2D eigenvalue weighted by molar-refractivity contribution is -0.119. The molecule has 3 rings (SSSR count). The monoisotopic (exact) mass is 614 g/mol. The number of methoxy groups -OCH3 is 1. The minimum Gasteiger partial charge on any atom is -0.493 e. The van der Waals surface area contributed by atoms with Gasteiger partial charge in [-0.1, -0.05) is 11.6 Å². The van der Waals surface area contributed by atoms with E-state index in [0.717, 1.165) is 0 Å². The number of pyridine rings is 1. The summed E-state index contributed by atoms with van der Waals surface area (Å²) in [5.74, 6) is -1.02. The van der Waals surface area contributed by atoms with E-state index in [9.17, 15) is 18.8 Å². The standard InChI is InChI=1S/C31H36ClFN4O6/c1-30(2,3)43-29(40)37-31(4,5)20-15-21(36-24(16-20)18-7-9-23(33)22(32)13-18)11-12-35-28(39)19-8-10-25(26(14-19)41-6)42-17-27(34)38/h7-10,13-16H,11-12,17H2,1-6H3,(H2,34,38)(H,35,39)(H,37,40). The molecular weight excluding hydrogens is 579 g/mol. The number of carbonyl (C=O) groups is 3. The molecule has 0 spiro atoms. The first kappa shape index (κ1) is 33.1. The zero-order valence-corrected chi connectivity index (χ0v) is 25.7. The molecule has 0 aliphatic carbocycles. The summed E-state index contributed by atoms with van der Waals surface area (Å²) in [5, 5.41) is 5.69. The molecule has 0 saturated carbocycles. The number of nitrogens with one attached hydrogen (secondary N) is 2. The summed E-state index contributed by atoms with van der Waals surface area (Å²) in [6, 6.07) is 12.5. The summed E-state index contributed by atoms with van der Waals surface area (Å²) >= 11 is 6.04. The summed E-state index contributed by atoms with van der Waals surface area (Å²) in [5.41, 5.74) is 6.29. The van der Waals surface area contributed by atoms with Crippen molar-refractivity contribution >= 4 is 29.5 Å². The molecular formula is C31H36ClFN4O6. The van der Waals surface area contributed by atoms with Crippen LogP contribution in [0.25, 0.3) is 11.3 Å². The van der Waals surface area contributed by atoms with Crippen LogP contribution in [0.15, 0.2) is 48.5 Å². The van der Waals surface area contributed by atoms with Crippen molar-refractivity contribution < 1.29 is 33.0 Å². The highest BCUT2D eigenvalue weighted by Crippen LogP contribution is 2.30. The average molecular weight is 615 g/mol. The number of rotatable bonds is 11. The van der Waals surface area contributed by atoms with Crippen LogP contribution in [-0.2, 0) is 21.5 Å². The van der Waals surface area contributed by atoms with Crippen molar-refractivity contribution in [1.29, 1.82) is 0 Å². The number of hydrogen-bond acceptors (Lipinski definition) is 7. The Bertz CT molecular complexity index is 1510. The van der Waals surface area contributed by atoms with Crippen LogP contribution in [0.2, 0.25) is 5.02 Å². The van der Waals surface area contributed by atoms with Crippen molar-refractivity contribution in [2.24, 2.45) is 5.73 Å². The van der Waals surface area contributed by atoms with E-state index < -0.39 is 29.0 Å². The van der Waals surface area contributed by atoms with Gasteiger partial charge in [0.05, 0.1) is 23.4 Å². The highest BCUT2D eigenvalue weighted by molar-refractivity contribution is 6.31. The van der Waals surface area contributed by atoms with Gasteiger partial charge in [-0.25, -0.2) is 9.18 Å². The average Bonchev–Trinajstić information content (AvgIpc) is 2.91. The maximum absolute atomic E-state index is 13.9. The summed E-state index contributed by atoms with van der Waals surface area (Å²) in [4.78, 5) is 41.2. The van der Waals surface area contributed by atoms with Crippen LogP contribution in [0.5, 0.6) is 11.5 Å². The topological polar surface area (TPSA) is 142 Å². The number of hydrogen-bond donors (Lipinski definition) is 3. The van der Waals surface area contributed by atoms with Gasteiger partial charge in [-0.05, 0) is 88.7 Å². The SMILES string of the molecule is COc1cc(C(=O)NCCc2cc(C(C)(C)NC(=O)OC(C)(C)C)cc(-c3ccc(F)c(Cl)c3)n2)ccc1OCC(N)=O. The Hall–Kier alpha value is -4.38. The molecule has 230 valence electrons. The van der Waals surface area contributed by atoms with Crippen LogP contribution in [-0.4, -0.2) is 48.8 Å². The zero-order chi connectivity index (χ0) is 31.9. The summed E-state index contributed by atoms with van der Waals surface area (Å²) < 4.78 is 29.9. The molecule has 0 radical (unpaired) electrons. The second kappa shape index (κ2) is 13.7. The Labute approximate surface area is 255 Å². The molecule has 0 aliphatic heterocycles. The van der Waals surface area contributed by atoms with Crippen LogP contribution in [0, 0.1) is 5.82 Å². The second-order valence-corrected chi connectivity index (χ2v) is 11.6. The first-order valence-electron chi connectivity index (χ1n) is 13.4. The van der Waals surface area contributed by atoms with E-state index in [1.807, 2.05) is 19.9 Å². The van der Waals surface area contributed by atoms with Crippen molar-refractivity contribution in [2.45, 2.75) is 52.2 Å². The van der Waals surface area contributed by atoms with E-state index >= 15 is 0 Å². The lowest BCUT2D eigenvalue weighted by Gasteiger charge is -2.29. The predicted octanol–water partition coefficient (Wildman–Crippen LogP) is 5.15. The number of ether oxygens (including phenoxy) is 3. The van der Waals surface area contributed by atoms with E-state index in [1.54, 1.807) is 32.9 Å². The second-order valence-electron chi connectivity index (χ2n) is 11.2. The van der Waals surface area contributed by atoms with E-state index in [2.05, 4.69) is 10.6 Å². The first-order valence-corrected chi connectivity index (χ1v) is 13.8. The fourth-order valence-electron chi connectivity index (χ4n) is 3.99. The van der Waals surface area contributed by atoms with Gasteiger partial charge in [-0.3, -0.25) is 14.6 Å². The van der Waals surface area contributed by atoms with Gasteiger partial charge in [0.25, 0.3) is 11.8 Å². The van der Waals surface area contributed by atoms with Crippen LogP contribution < -0.4 is 25.8 Å². The van der Waals surface area contributed by atoms with Crippen molar-refractivity contribution in [3.63, 3.8) is 0 Å². The number of primary amides is 1. The molecule has 0 saturated heterocycles. The van der Waals surface area contributed by atoms with E-state index in [4.69, 9.17) is 36.5 Å². The van der Waals surface area contributed by atoms with Gasteiger partial charge in [0.2, 0.25) is 0 Å². The van der Waals surface area contributed by atoms with E-state index in [0.29, 0.717) is 34.5 Å². The van der Waals surface area contributed by atoms with Crippen LogP contribution in [0.1, 0.15) is 56.2 Å². The van der Waals surface area contributed by atoms with Gasteiger partial charge in [0, 0.05) is 29.8 Å². The minimum absolute atomic E-state index is 0.0499. The van der Waals surface area contributed by atoms with Gasteiger partial charge < -0.3 is 30.6 Å². The maximum atomic E-state index is 13.9. The number of alkyl carbamates (subject to hydrolysis) is 1. The Morgan fingerprint density at radius 2 is 1.72 bits per heavy atom. The number of nitrogens with zero attached hydrogens (tertiary/aromatic N) is 1. The minimum atomic E-state index is -0.878. The summed E-state index contributed by atoms with van der Waals surface area (Å²) in [6.45, 7) is 8.86. The predicted molar refractivity (Wildman–Crippen MR) is 161 cm³/mol. The third kappa shape index (κ3) is 9.57. The molecule has 0 atom stereocenters. The van der Waals surface area contributed by atoms with Gasteiger partial charge >= 0.3 is 6.09 Å². The molecule has 3 aromatic rings. The van der Waals surface area contributed by atoms with Gasteiger partial charge in [-0.2, -0.15) is 0 Å². The lowest BCUT2D eigenvalue weighted by atomic mass is 9.92. The van der Waals surface area contributed by atoms with Crippen LogP contribution >= 0.6 is 11.6 Å². The molecule has 4 N–H and O–H groups in total.